The number of fused-ring (bicyclic) bond motifs is 1. The van der Waals surface area contributed by atoms with Gasteiger partial charge in [0.1, 0.15) is 5.69 Å². The Labute approximate surface area is 170 Å². The summed E-state index contributed by atoms with van der Waals surface area (Å²) in [6, 6.07) is 5.79. The molecule has 0 aromatic carbocycles. The van der Waals surface area contributed by atoms with Gasteiger partial charge in [-0.05, 0) is 37.5 Å². The summed E-state index contributed by atoms with van der Waals surface area (Å²) in [4.78, 5) is 28.5. The molecule has 0 unspecified atom stereocenters. The zero-order chi connectivity index (χ0) is 20.4. The number of rotatable bonds is 5. The first-order valence-corrected chi connectivity index (χ1v) is 10.1. The summed E-state index contributed by atoms with van der Waals surface area (Å²) in [5.41, 5.74) is 16.5. The Morgan fingerprint density at radius 2 is 2.17 bits per heavy atom. The van der Waals surface area contributed by atoms with Crippen LogP contribution >= 0.6 is 0 Å². The molecule has 0 saturated carbocycles. The molecule has 4 heterocycles. The number of aryl methyl sites for hydroxylation is 1. The van der Waals surface area contributed by atoms with Crippen LogP contribution < -0.4 is 16.4 Å². The maximum absolute atomic E-state index is 13.1. The largest absolute Gasteiger partial charge is 0.397 e. The minimum atomic E-state index is -0.116. The zero-order valence-electron chi connectivity index (χ0n) is 16.6. The number of Topliss-reactive ketones (excluding diaryl/α,β-unsaturated/α-hetero) is 1. The number of aromatic nitrogens is 3. The predicted octanol–water partition coefficient (Wildman–Crippen LogP) is 2.52. The zero-order valence-corrected chi connectivity index (χ0v) is 16.6. The molecule has 4 N–H and O–H groups in total. The van der Waals surface area contributed by atoms with Crippen LogP contribution in [-0.2, 0) is 12.8 Å². The van der Waals surface area contributed by atoms with Crippen LogP contribution in [-0.4, -0.2) is 39.9 Å². The number of anilines is 2. The third-order valence-corrected chi connectivity index (χ3v) is 5.44. The van der Waals surface area contributed by atoms with Crippen molar-refractivity contribution in [1.82, 2.24) is 15.0 Å². The molecular formula is C22H26N6O. The lowest BCUT2D eigenvalue weighted by Gasteiger charge is -2.33. The van der Waals surface area contributed by atoms with Crippen LogP contribution in [0.5, 0.6) is 0 Å². The van der Waals surface area contributed by atoms with Crippen molar-refractivity contribution in [2.24, 2.45) is 5.73 Å². The van der Waals surface area contributed by atoms with E-state index in [1.165, 1.54) is 0 Å². The van der Waals surface area contributed by atoms with E-state index >= 15 is 0 Å². The van der Waals surface area contributed by atoms with Crippen LogP contribution in [0.3, 0.4) is 0 Å². The second kappa shape index (κ2) is 8.13. The van der Waals surface area contributed by atoms with E-state index in [0.717, 1.165) is 60.2 Å². The van der Waals surface area contributed by atoms with Crippen LogP contribution in [0.15, 0.2) is 36.8 Å². The number of carbonyl (C=O) groups excluding carboxylic acids is 1. The minimum Gasteiger partial charge on any atom is -0.397 e. The van der Waals surface area contributed by atoms with Gasteiger partial charge in [0.25, 0.3) is 0 Å². The van der Waals surface area contributed by atoms with E-state index in [1.54, 1.807) is 24.7 Å². The molecule has 1 fully saturated rings. The Hall–Kier alpha value is -3.06. The summed E-state index contributed by atoms with van der Waals surface area (Å²) in [5, 5.41) is 0.834. The Kier molecular flexibility index (Phi) is 5.40. The molecule has 0 amide bonds. The molecule has 1 atom stereocenters. The third kappa shape index (κ3) is 4.05. The second-order valence-corrected chi connectivity index (χ2v) is 7.60. The molecule has 0 radical (unpaired) electrons. The molecule has 3 aromatic heterocycles. The van der Waals surface area contributed by atoms with E-state index in [-0.39, 0.29) is 18.2 Å². The number of carbonyl (C=O) groups is 1. The molecule has 29 heavy (non-hydrogen) atoms. The number of nitrogen functional groups attached to an aromatic ring is 1. The fraction of sp³-hybridized carbons (Fsp3) is 0.364. The molecule has 0 bridgehead atoms. The number of hydrogen-bond acceptors (Lipinski definition) is 7. The number of pyridine rings is 3. The molecule has 0 spiro atoms. The monoisotopic (exact) mass is 390 g/mol. The van der Waals surface area contributed by atoms with Crippen molar-refractivity contribution in [3.05, 3.63) is 53.7 Å². The summed E-state index contributed by atoms with van der Waals surface area (Å²) in [6.45, 7) is 3.75. The highest BCUT2D eigenvalue weighted by atomic mass is 16.1. The van der Waals surface area contributed by atoms with Gasteiger partial charge in [0.2, 0.25) is 0 Å². The average Bonchev–Trinajstić information content (AvgIpc) is 2.73. The first-order chi connectivity index (χ1) is 14.0. The predicted molar refractivity (Wildman–Crippen MR) is 115 cm³/mol. The van der Waals surface area contributed by atoms with E-state index in [9.17, 15) is 4.79 Å². The number of hydrogen-bond donors (Lipinski definition) is 2. The van der Waals surface area contributed by atoms with Gasteiger partial charge >= 0.3 is 0 Å². The second-order valence-electron chi connectivity index (χ2n) is 7.60. The molecule has 7 heteroatoms. The summed E-state index contributed by atoms with van der Waals surface area (Å²) >= 11 is 0. The maximum Gasteiger partial charge on any atom is 0.187 e. The van der Waals surface area contributed by atoms with Crippen molar-refractivity contribution >= 4 is 28.1 Å². The molecule has 4 rings (SSSR count). The van der Waals surface area contributed by atoms with Crippen LogP contribution in [0.4, 0.5) is 11.4 Å². The molecule has 150 valence electrons. The van der Waals surface area contributed by atoms with Gasteiger partial charge in [-0.1, -0.05) is 6.92 Å². The Balaban J connectivity index is 1.64. The fourth-order valence-electron chi connectivity index (χ4n) is 3.89. The smallest absolute Gasteiger partial charge is 0.187 e. The van der Waals surface area contributed by atoms with Crippen molar-refractivity contribution in [2.75, 3.05) is 23.7 Å². The van der Waals surface area contributed by atoms with Gasteiger partial charge in [-0.25, -0.2) is 4.98 Å². The highest BCUT2D eigenvalue weighted by Crippen LogP contribution is 2.26. The normalized spacial score (nSPS) is 16.9. The van der Waals surface area contributed by atoms with Gasteiger partial charge in [-0.2, -0.15) is 0 Å². The van der Waals surface area contributed by atoms with E-state index in [0.29, 0.717) is 11.4 Å². The molecule has 1 aliphatic rings. The molecule has 7 nitrogen and oxygen atoms in total. The summed E-state index contributed by atoms with van der Waals surface area (Å²) in [7, 11) is 0. The first kappa shape index (κ1) is 19.3. The average molecular weight is 390 g/mol. The lowest BCUT2D eigenvalue weighted by Crippen LogP contribution is -2.43. The van der Waals surface area contributed by atoms with Crippen molar-refractivity contribution in [3.8, 4) is 0 Å². The van der Waals surface area contributed by atoms with Gasteiger partial charge in [-0.3, -0.25) is 14.8 Å². The highest BCUT2D eigenvalue weighted by Gasteiger charge is 2.22. The first-order valence-electron chi connectivity index (χ1n) is 10.1. The standard InChI is InChI=1S/C22H26N6O/c1-2-17-10-19-14(12-26-17)8-18(24)22(27-19)21(29)9-15-11-25-6-5-20(15)28-7-3-4-16(23)13-28/h5-6,8,10-12,16H,2-4,7,9,13,23-24H2,1H3/t16-/m0/s1. The van der Waals surface area contributed by atoms with Crippen molar-refractivity contribution in [1.29, 1.82) is 0 Å². The Morgan fingerprint density at radius 1 is 1.31 bits per heavy atom. The van der Waals surface area contributed by atoms with E-state index in [4.69, 9.17) is 11.5 Å². The minimum absolute atomic E-state index is 0.116. The quantitative estimate of drug-likeness (QED) is 0.644. The topological polar surface area (TPSA) is 111 Å². The van der Waals surface area contributed by atoms with Crippen LogP contribution in [0, 0.1) is 0 Å². The van der Waals surface area contributed by atoms with E-state index in [1.807, 2.05) is 19.1 Å². The lowest BCUT2D eigenvalue weighted by molar-refractivity contribution is 0.0989. The summed E-state index contributed by atoms with van der Waals surface area (Å²) < 4.78 is 0. The maximum atomic E-state index is 13.1. The van der Waals surface area contributed by atoms with E-state index < -0.39 is 0 Å². The number of nitrogens with zero attached hydrogens (tertiary/aromatic N) is 4. The van der Waals surface area contributed by atoms with Crippen molar-refractivity contribution < 1.29 is 4.79 Å². The van der Waals surface area contributed by atoms with Gasteiger partial charge in [0.15, 0.2) is 5.78 Å². The third-order valence-electron chi connectivity index (χ3n) is 5.44. The summed E-state index contributed by atoms with van der Waals surface area (Å²) in [6.07, 6.45) is 8.34. The van der Waals surface area contributed by atoms with Crippen molar-refractivity contribution in [2.45, 2.75) is 38.6 Å². The number of nitrogens with two attached hydrogens (primary N) is 2. The molecule has 1 aliphatic heterocycles. The highest BCUT2D eigenvalue weighted by molar-refractivity contribution is 6.03. The lowest BCUT2D eigenvalue weighted by atomic mass is 10.0. The van der Waals surface area contributed by atoms with Crippen LogP contribution in [0.1, 0.15) is 41.5 Å². The molecule has 3 aromatic rings. The van der Waals surface area contributed by atoms with E-state index in [2.05, 4.69) is 19.9 Å². The van der Waals surface area contributed by atoms with Crippen molar-refractivity contribution in [3.63, 3.8) is 0 Å². The van der Waals surface area contributed by atoms with Gasteiger partial charge in [-0.15, -0.1) is 0 Å². The Morgan fingerprint density at radius 3 is 2.97 bits per heavy atom. The Bertz CT molecular complexity index is 1050. The summed E-state index contributed by atoms with van der Waals surface area (Å²) in [5.74, 6) is -0.116. The van der Waals surface area contributed by atoms with Crippen LogP contribution in [0.2, 0.25) is 0 Å². The van der Waals surface area contributed by atoms with Gasteiger partial charge in [0.05, 0.1) is 11.2 Å². The van der Waals surface area contributed by atoms with Crippen LogP contribution in [0.25, 0.3) is 10.9 Å². The van der Waals surface area contributed by atoms with Gasteiger partial charge < -0.3 is 16.4 Å². The molecular weight excluding hydrogens is 364 g/mol. The number of ketones is 1. The fourth-order valence-corrected chi connectivity index (χ4v) is 3.89. The number of piperidine rings is 1. The molecule has 0 aliphatic carbocycles. The SMILES string of the molecule is CCc1cc2nc(C(=O)Cc3cnccc3N3CCC[C@H](N)C3)c(N)cc2cn1. The molecule has 1 saturated heterocycles. The van der Waals surface area contributed by atoms with Gasteiger partial charge in [0, 0.05) is 66.5 Å².